The van der Waals surface area contributed by atoms with Gasteiger partial charge in [-0.05, 0) is 19.1 Å². The van der Waals surface area contributed by atoms with Gasteiger partial charge in [0.25, 0.3) is 5.91 Å². The zero-order chi connectivity index (χ0) is 15.6. The van der Waals surface area contributed by atoms with Crippen LogP contribution in [0.5, 0.6) is 5.75 Å². The Balaban J connectivity index is 2.16. The first-order chi connectivity index (χ1) is 9.88. The lowest BCUT2D eigenvalue weighted by atomic mass is 9.85. The van der Waals surface area contributed by atoms with Gasteiger partial charge in [0.15, 0.2) is 0 Å². The number of anilines is 1. The van der Waals surface area contributed by atoms with E-state index in [1.54, 1.807) is 13.0 Å². The summed E-state index contributed by atoms with van der Waals surface area (Å²) in [5.41, 5.74) is 5.21. The van der Waals surface area contributed by atoms with E-state index < -0.39 is 23.3 Å². The lowest BCUT2D eigenvalue weighted by Gasteiger charge is -2.25. The van der Waals surface area contributed by atoms with Crippen molar-refractivity contribution in [3.05, 3.63) is 23.8 Å². The summed E-state index contributed by atoms with van der Waals surface area (Å²) in [7, 11) is 1.50. The second-order valence-corrected chi connectivity index (χ2v) is 5.22. The number of rotatable bonds is 4. The van der Waals surface area contributed by atoms with Crippen molar-refractivity contribution in [3.63, 3.8) is 0 Å². The van der Waals surface area contributed by atoms with Crippen molar-refractivity contribution in [2.75, 3.05) is 26.1 Å². The molecule has 2 atom stereocenters. The number of ether oxygens (including phenoxy) is 2. The summed E-state index contributed by atoms with van der Waals surface area (Å²) in [6, 6.07) is 4.09. The number of methoxy groups -OCH3 is 1. The maximum absolute atomic E-state index is 12.3. The number of hydrogen-bond donors (Lipinski definition) is 3. The van der Waals surface area contributed by atoms with Gasteiger partial charge in [0, 0.05) is 11.8 Å². The zero-order valence-corrected chi connectivity index (χ0v) is 11.9. The molecule has 2 rings (SSSR count). The van der Waals surface area contributed by atoms with Crippen LogP contribution in [-0.4, -0.2) is 43.3 Å². The lowest BCUT2D eigenvalue weighted by molar-refractivity contribution is -0.148. The van der Waals surface area contributed by atoms with E-state index in [1.165, 1.54) is 19.2 Å². The van der Waals surface area contributed by atoms with Gasteiger partial charge in [-0.15, -0.1) is 0 Å². The Morgan fingerprint density at radius 2 is 2.24 bits per heavy atom. The number of aliphatic carboxylic acids is 1. The third-order valence-corrected chi connectivity index (χ3v) is 3.75. The molecular formula is C14H18N2O5. The van der Waals surface area contributed by atoms with Gasteiger partial charge >= 0.3 is 5.97 Å². The Bertz CT molecular complexity index is 574. The number of hydrogen-bond acceptors (Lipinski definition) is 5. The van der Waals surface area contributed by atoms with E-state index in [0.29, 0.717) is 5.75 Å². The standard InChI is InChI=1S/C14H18N2O5/c1-14(13(18)19)7-21-6-11(14)16-12(17)9-4-3-8(20-2)5-10(9)15/h3-5,11H,6-7,15H2,1-2H3,(H,16,17)(H,18,19). The summed E-state index contributed by atoms with van der Waals surface area (Å²) in [4.78, 5) is 23.6. The van der Waals surface area contributed by atoms with E-state index in [2.05, 4.69) is 5.32 Å². The minimum Gasteiger partial charge on any atom is -0.497 e. The number of nitrogens with two attached hydrogens (primary N) is 1. The molecule has 1 saturated heterocycles. The number of nitrogen functional groups attached to an aromatic ring is 1. The topological polar surface area (TPSA) is 111 Å². The number of carbonyl (C=O) groups excluding carboxylic acids is 1. The molecule has 1 fully saturated rings. The molecule has 4 N–H and O–H groups in total. The number of carbonyl (C=O) groups is 2. The summed E-state index contributed by atoms with van der Waals surface area (Å²) in [6.07, 6.45) is 0. The summed E-state index contributed by atoms with van der Waals surface area (Å²) < 4.78 is 10.2. The van der Waals surface area contributed by atoms with Crippen LogP contribution in [0.25, 0.3) is 0 Å². The number of carboxylic acid groups (broad SMARTS) is 1. The van der Waals surface area contributed by atoms with Crippen LogP contribution < -0.4 is 15.8 Å². The van der Waals surface area contributed by atoms with Crippen LogP contribution in [0.2, 0.25) is 0 Å². The average molecular weight is 294 g/mol. The fraction of sp³-hybridized carbons (Fsp3) is 0.429. The van der Waals surface area contributed by atoms with E-state index in [0.717, 1.165) is 0 Å². The van der Waals surface area contributed by atoms with Gasteiger partial charge in [-0.2, -0.15) is 0 Å². The fourth-order valence-electron chi connectivity index (χ4n) is 2.20. The summed E-state index contributed by atoms with van der Waals surface area (Å²) in [6.45, 7) is 1.76. The van der Waals surface area contributed by atoms with Crippen LogP contribution in [0.1, 0.15) is 17.3 Å². The minimum atomic E-state index is -1.14. The number of benzene rings is 1. The normalized spacial score (nSPS) is 24.6. The molecule has 0 spiro atoms. The Hall–Kier alpha value is -2.28. The van der Waals surface area contributed by atoms with E-state index in [9.17, 15) is 14.7 Å². The summed E-state index contributed by atoms with van der Waals surface area (Å²) in [5.74, 6) is -0.894. The van der Waals surface area contributed by atoms with Crippen molar-refractivity contribution in [1.29, 1.82) is 0 Å². The van der Waals surface area contributed by atoms with Crippen LogP contribution >= 0.6 is 0 Å². The SMILES string of the molecule is COc1ccc(C(=O)NC2COCC2(C)C(=O)O)c(N)c1. The van der Waals surface area contributed by atoms with Gasteiger partial charge < -0.3 is 25.6 Å². The molecule has 1 amide bonds. The highest BCUT2D eigenvalue weighted by atomic mass is 16.5. The third-order valence-electron chi connectivity index (χ3n) is 3.75. The van der Waals surface area contributed by atoms with Crippen LogP contribution in [0.4, 0.5) is 5.69 Å². The van der Waals surface area contributed by atoms with Gasteiger partial charge in [-0.3, -0.25) is 9.59 Å². The van der Waals surface area contributed by atoms with E-state index in [1.807, 2.05) is 0 Å². The molecule has 1 aromatic carbocycles. The van der Waals surface area contributed by atoms with Gasteiger partial charge in [-0.1, -0.05) is 0 Å². The molecule has 21 heavy (non-hydrogen) atoms. The molecule has 7 nitrogen and oxygen atoms in total. The molecular weight excluding hydrogens is 276 g/mol. The monoisotopic (exact) mass is 294 g/mol. The predicted octanol–water partition coefficient (Wildman–Crippen LogP) is 0.497. The van der Waals surface area contributed by atoms with Gasteiger partial charge in [0.2, 0.25) is 0 Å². The van der Waals surface area contributed by atoms with Crippen molar-refractivity contribution in [1.82, 2.24) is 5.32 Å². The fourth-order valence-corrected chi connectivity index (χ4v) is 2.20. The summed E-state index contributed by atoms with van der Waals surface area (Å²) >= 11 is 0. The molecule has 7 heteroatoms. The maximum atomic E-state index is 12.3. The predicted molar refractivity (Wildman–Crippen MR) is 75.2 cm³/mol. The van der Waals surface area contributed by atoms with E-state index in [-0.39, 0.29) is 24.5 Å². The van der Waals surface area contributed by atoms with Crippen molar-refractivity contribution in [3.8, 4) is 5.75 Å². The van der Waals surface area contributed by atoms with Crippen LogP contribution in [0.15, 0.2) is 18.2 Å². The van der Waals surface area contributed by atoms with Crippen molar-refractivity contribution < 1.29 is 24.2 Å². The highest BCUT2D eigenvalue weighted by Crippen LogP contribution is 2.29. The Kier molecular flexibility index (Phi) is 4.04. The number of nitrogens with one attached hydrogen (secondary N) is 1. The molecule has 0 aromatic heterocycles. The number of amides is 1. The molecule has 114 valence electrons. The van der Waals surface area contributed by atoms with Crippen molar-refractivity contribution >= 4 is 17.6 Å². The molecule has 0 radical (unpaired) electrons. The number of carboxylic acids is 1. The third kappa shape index (κ3) is 2.78. The Labute approximate surface area is 122 Å². The molecule has 0 saturated carbocycles. The molecule has 0 aliphatic carbocycles. The first kappa shape index (κ1) is 15.1. The first-order valence-electron chi connectivity index (χ1n) is 6.44. The van der Waals surface area contributed by atoms with Crippen molar-refractivity contribution in [2.45, 2.75) is 13.0 Å². The van der Waals surface area contributed by atoms with Gasteiger partial charge in [-0.25, -0.2) is 0 Å². The van der Waals surface area contributed by atoms with Crippen molar-refractivity contribution in [2.24, 2.45) is 5.41 Å². The zero-order valence-electron chi connectivity index (χ0n) is 11.9. The molecule has 2 unspecified atom stereocenters. The molecule has 0 bridgehead atoms. The second kappa shape index (κ2) is 5.61. The van der Waals surface area contributed by atoms with E-state index >= 15 is 0 Å². The molecule has 1 aliphatic heterocycles. The quantitative estimate of drug-likeness (QED) is 0.697. The second-order valence-electron chi connectivity index (χ2n) is 5.22. The van der Waals surface area contributed by atoms with Crippen LogP contribution in [0.3, 0.4) is 0 Å². The van der Waals surface area contributed by atoms with Gasteiger partial charge in [0.05, 0.1) is 31.9 Å². The molecule has 1 heterocycles. The average Bonchev–Trinajstić information content (AvgIpc) is 2.81. The molecule has 1 aromatic rings. The summed E-state index contributed by atoms with van der Waals surface area (Å²) in [5, 5.41) is 12.0. The highest BCUT2D eigenvalue weighted by Gasteiger charge is 2.47. The highest BCUT2D eigenvalue weighted by molar-refractivity contribution is 5.99. The van der Waals surface area contributed by atoms with E-state index in [4.69, 9.17) is 15.2 Å². The van der Waals surface area contributed by atoms with Crippen LogP contribution in [-0.2, 0) is 9.53 Å². The largest absolute Gasteiger partial charge is 0.497 e. The van der Waals surface area contributed by atoms with Crippen LogP contribution in [0, 0.1) is 5.41 Å². The lowest BCUT2D eigenvalue weighted by Crippen LogP contribution is -2.49. The maximum Gasteiger partial charge on any atom is 0.313 e. The Morgan fingerprint density at radius 3 is 2.81 bits per heavy atom. The minimum absolute atomic E-state index is 0.0609. The smallest absolute Gasteiger partial charge is 0.313 e. The van der Waals surface area contributed by atoms with Gasteiger partial charge in [0.1, 0.15) is 11.2 Å². The Morgan fingerprint density at radius 1 is 1.52 bits per heavy atom. The molecule has 1 aliphatic rings. The first-order valence-corrected chi connectivity index (χ1v) is 6.44.